The van der Waals surface area contributed by atoms with Crippen LogP contribution < -0.4 is 24.4 Å². The zero-order valence-corrected chi connectivity index (χ0v) is 29.2. The second-order valence-electron chi connectivity index (χ2n) is 11.3. The molecular formula is C34H34O18. The number of ether oxygens (including phenoxy) is 9. The van der Waals surface area contributed by atoms with E-state index in [1.165, 1.54) is 13.2 Å². The molecule has 0 aliphatic carbocycles. The molecule has 2 aromatic carbocycles. The van der Waals surface area contributed by atoms with Crippen LogP contribution in [0.15, 0.2) is 27.4 Å². The van der Waals surface area contributed by atoms with Gasteiger partial charge in [-0.05, 0) is 6.07 Å². The van der Waals surface area contributed by atoms with E-state index in [2.05, 4.69) is 0 Å². The molecule has 18 nitrogen and oxygen atoms in total. The standard InChI is InChI=1S/C34H34O18/c1-13(35)44-12-26-30(47-16(4)38)33(49-18(6)40)34(50-19(7)41)32(52-26)28-24(43-8)11-25-27(31(28)48-17(5)39)29(42)20-9-22(45-14(2)36)23(46-15(3)37)10-21(20)51-25/h9-11,26,30,32-34H,12H2,1-8H3/t26-,30-,32+,33+,34+/m1/s1. The van der Waals surface area contributed by atoms with Crippen LogP contribution in [0.5, 0.6) is 23.0 Å². The van der Waals surface area contributed by atoms with Crippen LogP contribution in [-0.2, 0) is 57.2 Å². The Labute approximate surface area is 294 Å². The Morgan fingerprint density at radius 3 is 1.65 bits per heavy atom. The normalized spacial score (nSPS) is 19.6. The van der Waals surface area contributed by atoms with Gasteiger partial charge < -0.3 is 47.0 Å². The van der Waals surface area contributed by atoms with Gasteiger partial charge in [-0.15, -0.1) is 0 Å². The number of hydrogen-bond donors (Lipinski definition) is 0. The average Bonchev–Trinajstić information content (AvgIpc) is 3.01. The molecule has 1 fully saturated rings. The van der Waals surface area contributed by atoms with Crippen molar-refractivity contribution in [1.82, 2.24) is 0 Å². The molecule has 0 unspecified atom stereocenters. The Morgan fingerprint density at radius 1 is 0.615 bits per heavy atom. The lowest BCUT2D eigenvalue weighted by atomic mass is 9.88. The van der Waals surface area contributed by atoms with E-state index in [0.29, 0.717) is 0 Å². The highest BCUT2D eigenvalue weighted by atomic mass is 16.7. The van der Waals surface area contributed by atoms with E-state index in [0.717, 1.165) is 60.6 Å². The van der Waals surface area contributed by atoms with Gasteiger partial charge in [0.05, 0.1) is 18.1 Å². The van der Waals surface area contributed by atoms with Crippen LogP contribution in [0.3, 0.4) is 0 Å². The molecule has 18 heteroatoms. The predicted octanol–water partition coefficient (Wildman–Crippen LogP) is 2.53. The topological polar surface area (TPSA) is 233 Å². The summed E-state index contributed by atoms with van der Waals surface area (Å²) in [5.41, 5.74) is -1.48. The Morgan fingerprint density at radius 2 is 1.13 bits per heavy atom. The third-order valence-electron chi connectivity index (χ3n) is 7.23. The Kier molecular flexibility index (Phi) is 11.8. The van der Waals surface area contributed by atoms with Crippen LogP contribution in [0.4, 0.5) is 0 Å². The van der Waals surface area contributed by atoms with Crippen molar-refractivity contribution in [3.8, 4) is 23.0 Å². The minimum absolute atomic E-state index is 0.152. The molecular weight excluding hydrogens is 696 g/mol. The van der Waals surface area contributed by atoms with Gasteiger partial charge in [-0.3, -0.25) is 38.4 Å². The van der Waals surface area contributed by atoms with Crippen LogP contribution in [0.25, 0.3) is 21.9 Å². The van der Waals surface area contributed by atoms with E-state index < -0.39 is 90.1 Å². The highest BCUT2D eigenvalue weighted by Crippen LogP contribution is 2.48. The van der Waals surface area contributed by atoms with Crippen molar-refractivity contribution in [3.63, 3.8) is 0 Å². The molecule has 1 aliphatic rings. The molecule has 52 heavy (non-hydrogen) atoms. The average molecular weight is 731 g/mol. The summed E-state index contributed by atoms with van der Waals surface area (Å²) in [6.45, 7) is 6.84. The molecule has 2 heterocycles. The lowest BCUT2D eigenvalue weighted by molar-refractivity contribution is -0.254. The molecule has 0 saturated carbocycles. The second kappa shape index (κ2) is 15.9. The summed E-state index contributed by atoms with van der Waals surface area (Å²) >= 11 is 0. The zero-order valence-electron chi connectivity index (χ0n) is 29.2. The summed E-state index contributed by atoms with van der Waals surface area (Å²) in [4.78, 5) is 99.7. The SMILES string of the molecule is COc1cc2oc3cc(OC(C)=O)c(OC(C)=O)cc3c(=O)c2c(OC(C)=O)c1[C@@H]1O[C@H](COC(C)=O)[C@@H](OC(C)=O)[C@H](OC(C)=O)[C@H]1OC(C)=O. The molecule has 0 radical (unpaired) electrons. The predicted molar refractivity (Wildman–Crippen MR) is 171 cm³/mol. The third-order valence-corrected chi connectivity index (χ3v) is 7.23. The molecule has 0 amide bonds. The lowest BCUT2D eigenvalue weighted by Crippen LogP contribution is -2.59. The molecule has 1 aliphatic heterocycles. The van der Waals surface area contributed by atoms with Crippen LogP contribution in [0, 0.1) is 0 Å². The summed E-state index contributed by atoms with van der Waals surface area (Å²) in [6, 6.07) is 3.44. The van der Waals surface area contributed by atoms with Crippen molar-refractivity contribution in [2.75, 3.05) is 13.7 Å². The lowest BCUT2D eigenvalue weighted by Gasteiger charge is -2.45. The minimum Gasteiger partial charge on any atom is -0.496 e. The Balaban J connectivity index is 2.12. The molecule has 0 bridgehead atoms. The summed E-state index contributed by atoms with van der Waals surface area (Å²) in [7, 11) is 1.21. The van der Waals surface area contributed by atoms with Gasteiger partial charge in [0.25, 0.3) is 0 Å². The van der Waals surface area contributed by atoms with Crippen molar-refractivity contribution in [3.05, 3.63) is 34.0 Å². The third kappa shape index (κ3) is 8.63. The van der Waals surface area contributed by atoms with Crippen LogP contribution >= 0.6 is 0 Å². The number of esters is 7. The van der Waals surface area contributed by atoms with Crippen molar-refractivity contribution in [2.24, 2.45) is 0 Å². The Hall–Kier alpha value is -6.04. The largest absolute Gasteiger partial charge is 0.496 e. The molecule has 278 valence electrons. The van der Waals surface area contributed by atoms with Gasteiger partial charge in [0.2, 0.25) is 5.43 Å². The van der Waals surface area contributed by atoms with E-state index >= 15 is 0 Å². The number of methoxy groups -OCH3 is 1. The summed E-state index contributed by atoms with van der Waals surface area (Å²) in [5, 5.41) is -0.619. The number of hydrogen-bond acceptors (Lipinski definition) is 18. The van der Waals surface area contributed by atoms with Crippen molar-refractivity contribution >= 4 is 63.7 Å². The number of carbonyl (C=O) groups is 7. The van der Waals surface area contributed by atoms with Crippen LogP contribution in [-0.4, -0.2) is 79.9 Å². The zero-order chi connectivity index (χ0) is 38.6. The summed E-state index contributed by atoms with van der Waals surface area (Å²) in [5.74, 6) is -7.24. The Bertz CT molecular complexity index is 2030. The van der Waals surface area contributed by atoms with Crippen molar-refractivity contribution < 1.29 is 80.6 Å². The van der Waals surface area contributed by atoms with E-state index in [1.54, 1.807) is 0 Å². The van der Waals surface area contributed by atoms with Gasteiger partial charge in [0.1, 0.15) is 41.1 Å². The van der Waals surface area contributed by atoms with Gasteiger partial charge in [-0.1, -0.05) is 0 Å². The van der Waals surface area contributed by atoms with Gasteiger partial charge >= 0.3 is 41.8 Å². The molecule has 1 aromatic heterocycles. The maximum atomic E-state index is 14.3. The molecule has 1 saturated heterocycles. The number of fused-ring (bicyclic) bond motifs is 2. The van der Waals surface area contributed by atoms with Gasteiger partial charge in [0, 0.05) is 60.6 Å². The van der Waals surface area contributed by atoms with E-state index in [4.69, 9.17) is 47.0 Å². The minimum atomic E-state index is -1.69. The molecule has 0 N–H and O–H groups in total. The first kappa shape index (κ1) is 38.8. The van der Waals surface area contributed by atoms with Crippen molar-refractivity contribution in [1.29, 1.82) is 0 Å². The highest BCUT2D eigenvalue weighted by molar-refractivity contribution is 5.98. The summed E-state index contributed by atoms with van der Waals surface area (Å²) < 4.78 is 55.6. The van der Waals surface area contributed by atoms with Gasteiger partial charge in [-0.25, -0.2) is 0 Å². The van der Waals surface area contributed by atoms with Gasteiger partial charge in [-0.2, -0.15) is 0 Å². The van der Waals surface area contributed by atoms with Crippen molar-refractivity contribution in [2.45, 2.75) is 79.0 Å². The molecule has 3 aromatic rings. The molecule has 0 spiro atoms. The highest BCUT2D eigenvalue weighted by Gasteiger charge is 2.54. The molecule has 4 rings (SSSR count). The smallest absolute Gasteiger partial charge is 0.308 e. The monoisotopic (exact) mass is 730 g/mol. The first-order valence-electron chi connectivity index (χ1n) is 15.4. The first-order chi connectivity index (χ1) is 24.4. The van der Waals surface area contributed by atoms with Crippen LogP contribution in [0.2, 0.25) is 0 Å². The summed E-state index contributed by atoms with van der Waals surface area (Å²) in [6.07, 6.45) is -7.92. The van der Waals surface area contributed by atoms with E-state index in [9.17, 15) is 38.4 Å². The first-order valence-corrected chi connectivity index (χ1v) is 15.4. The van der Waals surface area contributed by atoms with Gasteiger partial charge in [0.15, 0.2) is 35.6 Å². The van der Waals surface area contributed by atoms with E-state index in [-0.39, 0.29) is 44.8 Å². The second-order valence-corrected chi connectivity index (χ2v) is 11.3. The van der Waals surface area contributed by atoms with Crippen LogP contribution in [0.1, 0.15) is 60.1 Å². The fourth-order valence-electron chi connectivity index (χ4n) is 5.60. The maximum Gasteiger partial charge on any atom is 0.308 e. The fourth-order valence-corrected chi connectivity index (χ4v) is 5.60. The maximum absolute atomic E-state index is 14.3. The van der Waals surface area contributed by atoms with E-state index in [1.807, 2.05) is 0 Å². The fraction of sp³-hybridized carbons (Fsp3) is 0.412. The quantitative estimate of drug-likeness (QED) is 0.126. The molecule has 5 atom stereocenters. The number of benzene rings is 2. The number of rotatable bonds is 10. The number of carbonyl (C=O) groups excluding carboxylic acids is 7.